The summed E-state index contributed by atoms with van der Waals surface area (Å²) in [5.74, 6) is -0.311. The second kappa shape index (κ2) is 4.57. The van der Waals surface area contributed by atoms with E-state index in [1.54, 1.807) is 18.3 Å². The van der Waals surface area contributed by atoms with Gasteiger partial charge in [0.25, 0.3) is 0 Å². The molecule has 1 amide bonds. The van der Waals surface area contributed by atoms with Gasteiger partial charge in [0.15, 0.2) is 0 Å². The highest BCUT2D eigenvalue weighted by atomic mass is 19.1. The molecule has 0 aliphatic heterocycles. The predicted molar refractivity (Wildman–Crippen MR) is 72.8 cm³/mol. The molecule has 0 unspecified atom stereocenters. The van der Waals surface area contributed by atoms with E-state index < -0.39 is 0 Å². The Labute approximate surface area is 109 Å². The zero-order valence-electron chi connectivity index (χ0n) is 10.0. The zero-order chi connectivity index (χ0) is 13.2. The van der Waals surface area contributed by atoms with E-state index in [-0.39, 0.29) is 11.8 Å². The van der Waals surface area contributed by atoms with E-state index in [4.69, 9.17) is 0 Å². The Kier molecular flexibility index (Phi) is 2.76. The SMILES string of the molecule is O=C(Nc1ccccc1)n1ccc2cc(F)ccc21. The van der Waals surface area contributed by atoms with E-state index in [1.165, 1.54) is 16.7 Å². The number of halogens is 1. The molecule has 3 aromatic rings. The van der Waals surface area contributed by atoms with Gasteiger partial charge >= 0.3 is 6.03 Å². The molecule has 1 N–H and O–H groups in total. The van der Waals surface area contributed by atoms with Crippen molar-refractivity contribution in [2.75, 3.05) is 5.32 Å². The van der Waals surface area contributed by atoms with Gasteiger partial charge < -0.3 is 5.32 Å². The molecular weight excluding hydrogens is 243 g/mol. The number of benzene rings is 2. The van der Waals surface area contributed by atoms with Crippen molar-refractivity contribution in [2.24, 2.45) is 0 Å². The monoisotopic (exact) mass is 254 g/mol. The van der Waals surface area contributed by atoms with Crippen LogP contribution in [0.2, 0.25) is 0 Å². The normalized spacial score (nSPS) is 10.6. The highest BCUT2D eigenvalue weighted by molar-refractivity contribution is 5.98. The van der Waals surface area contributed by atoms with Crippen LogP contribution in [0.5, 0.6) is 0 Å². The molecule has 0 aliphatic rings. The standard InChI is InChI=1S/C15H11FN2O/c16-12-6-7-14-11(10-12)8-9-18(14)15(19)17-13-4-2-1-3-5-13/h1-10H,(H,17,19). The molecule has 3 rings (SSSR count). The van der Waals surface area contributed by atoms with Crippen LogP contribution in [-0.2, 0) is 0 Å². The van der Waals surface area contributed by atoms with Gasteiger partial charge in [-0.1, -0.05) is 18.2 Å². The summed E-state index contributed by atoms with van der Waals surface area (Å²) in [6.45, 7) is 0. The van der Waals surface area contributed by atoms with Crippen LogP contribution in [0.3, 0.4) is 0 Å². The molecule has 0 spiro atoms. The minimum absolute atomic E-state index is 0.271. The molecule has 0 radical (unpaired) electrons. The Morgan fingerprint density at radius 3 is 2.63 bits per heavy atom. The largest absolute Gasteiger partial charge is 0.330 e. The molecule has 2 aromatic carbocycles. The van der Waals surface area contributed by atoms with E-state index in [1.807, 2.05) is 30.3 Å². The third-order valence-corrected chi connectivity index (χ3v) is 2.90. The molecule has 4 heteroatoms. The molecule has 3 nitrogen and oxygen atoms in total. The van der Waals surface area contributed by atoms with Gasteiger partial charge in [-0.3, -0.25) is 4.57 Å². The highest BCUT2D eigenvalue weighted by Crippen LogP contribution is 2.17. The van der Waals surface area contributed by atoms with Gasteiger partial charge in [-0.15, -0.1) is 0 Å². The summed E-state index contributed by atoms with van der Waals surface area (Å²) in [5.41, 5.74) is 1.39. The van der Waals surface area contributed by atoms with Crippen molar-refractivity contribution in [3.8, 4) is 0 Å². The van der Waals surface area contributed by atoms with Crippen molar-refractivity contribution < 1.29 is 9.18 Å². The lowest BCUT2D eigenvalue weighted by Gasteiger charge is -2.06. The van der Waals surface area contributed by atoms with Gasteiger partial charge in [0.2, 0.25) is 0 Å². The minimum Gasteiger partial charge on any atom is -0.307 e. The molecule has 94 valence electrons. The average molecular weight is 254 g/mol. The topological polar surface area (TPSA) is 34.0 Å². The summed E-state index contributed by atoms with van der Waals surface area (Å²) in [7, 11) is 0. The fourth-order valence-electron chi connectivity index (χ4n) is 2.00. The van der Waals surface area contributed by atoms with Crippen LogP contribution in [0, 0.1) is 5.82 Å². The number of carbonyl (C=O) groups is 1. The summed E-state index contributed by atoms with van der Waals surface area (Å²) in [4.78, 5) is 12.1. The summed E-state index contributed by atoms with van der Waals surface area (Å²) in [6, 6.07) is 15.0. The molecule has 1 heterocycles. The number of hydrogen-bond donors (Lipinski definition) is 1. The zero-order valence-corrected chi connectivity index (χ0v) is 10.0. The van der Waals surface area contributed by atoms with E-state index in [9.17, 15) is 9.18 Å². The lowest BCUT2D eigenvalue weighted by atomic mass is 10.2. The smallest absolute Gasteiger partial charge is 0.307 e. The maximum Gasteiger partial charge on any atom is 0.330 e. The van der Waals surface area contributed by atoms with Crippen LogP contribution in [0.15, 0.2) is 60.8 Å². The number of para-hydroxylation sites is 1. The Bertz CT molecular complexity index is 734. The number of hydrogen-bond acceptors (Lipinski definition) is 1. The van der Waals surface area contributed by atoms with Gasteiger partial charge in [-0.25, -0.2) is 9.18 Å². The Hall–Kier alpha value is -2.62. The molecule has 1 aromatic heterocycles. The van der Waals surface area contributed by atoms with Crippen LogP contribution in [-0.4, -0.2) is 10.6 Å². The number of anilines is 1. The molecule has 0 bridgehead atoms. The lowest BCUT2D eigenvalue weighted by Crippen LogP contribution is -2.18. The highest BCUT2D eigenvalue weighted by Gasteiger charge is 2.09. The van der Waals surface area contributed by atoms with Gasteiger partial charge in [0.1, 0.15) is 5.82 Å². The van der Waals surface area contributed by atoms with Crippen molar-refractivity contribution in [2.45, 2.75) is 0 Å². The van der Waals surface area contributed by atoms with E-state index in [2.05, 4.69) is 5.32 Å². The first kappa shape index (κ1) is 11.5. The Morgan fingerprint density at radius 1 is 1.05 bits per heavy atom. The number of rotatable bonds is 1. The molecular formula is C15H11FN2O. The van der Waals surface area contributed by atoms with Gasteiger partial charge in [0.05, 0.1) is 5.52 Å². The van der Waals surface area contributed by atoms with E-state index >= 15 is 0 Å². The summed E-state index contributed by atoms with van der Waals surface area (Å²) in [5, 5.41) is 3.48. The second-order valence-corrected chi connectivity index (χ2v) is 4.19. The first-order chi connectivity index (χ1) is 9.24. The van der Waals surface area contributed by atoms with Crippen molar-refractivity contribution in [3.05, 3.63) is 66.6 Å². The van der Waals surface area contributed by atoms with Gasteiger partial charge in [-0.05, 0) is 36.4 Å². The van der Waals surface area contributed by atoms with Crippen LogP contribution in [0.25, 0.3) is 10.9 Å². The lowest BCUT2D eigenvalue weighted by molar-refractivity contribution is 0.254. The molecule has 19 heavy (non-hydrogen) atoms. The minimum atomic E-state index is -0.311. The number of aromatic nitrogens is 1. The number of amides is 1. The first-order valence-corrected chi connectivity index (χ1v) is 5.87. The molecule has 0 fully saturated rings. The fourth-order valence-corrected chi connectivity index (χ4v) is 2.00. The number of carbonyl (C=O) groups excluding carboxylic acids is 1. The summed E-state index contributed by atoms with van der Waals surface area (Å²) < 4.78 is 14.5. The predicted octanol–water partition coefficient (Wildman–Crippen LogP) is 3.86. The molecule has 0 aliphatic carbocycles. The van der Waals surface area contributed by atoms with Crippen LogP contribution >= 0.6 is 0 Å². The fraction of sp³-hybridized carbons (Fsp3) is 0. The van der Waals surface area contributed by atoms with Crippen LogP contribution < -0.4 is 5.32 Å². The van der Waals surface area contributed by atoms with Crippen molar-refractivity contribution >= 4 is 22.6 Å². The molecule has 0 atom stereocenters. The molecule has 0 saturated heterocycles. The van der Waals surface area contributed by atoms with E-state index in [0.29, 0.717) is 10.9 Å². The van der Waals surface area contributed by atoms with Gasteiger partial charge in [-0.2, -0.15) is 0 Å². The number of fused-ring (bicyclic) bond motifs is 1. The van der Waals surface area contributed by atoms with Crippen molar-refractivity contribution in [1.82, 2.24) is 4.57 Å². The quantitative estimate of drug-likeness (QED) is 0.703. The first-order valence-electron chi connectivity index (χ1n) is 5.87. The third-order valence-electron chi connectivity index (χ3n) is 2.90. The summed E-state index contributed by atoms with van der Waals surface area (Å²) >= 11 is 0. The average Bonchev–Trinajstić information content (AvgIpc) is 2.82. The maximum atomic E-state index is 13.1. The summed E-state index contributed by atoms with van der Waals surface area (Å²) in [6.07, 6.45) is 1.63. The Balaban J connectivity index is 1.94. The van der Waals surface area contributed by atoms with Gasteiger partial charge in [0, 0.05) is 17.3 Å². The molecule has 0 saturated carbocycles. The van der Waals surface area contributed by atoms with E-state index in [0.717, 1.165) is 5.69 Å². The number of nitrogens with one attached hydrogen (secondary N) is 1. The number of nitrogens with zero attached hydrogens (tertiary/aromatic N) is 1. The Morgan fingerprint density at radius 2 is 1.84 bits per heavy atom. The van der Waals surface area contributed by atoms with Crippen LogP contribution in [0.4, 0.5) is 14.9 Å². The third kappa shape index (κ3) is 2.20. The van der Waals surface area contributed by atoms with Crippen molar-refractivity contribution in [3.63, 3.8) is 0 Å². The maximum absolute atomic E-state index is 13.1. The van der Waals surface area contributed by atoms with Crippen LogP contribution in [0.1, 0.15) is 0 Å². The van der Waals surface area contributed by atoms with Crippen molar-refractivity contribution in [1.29, 1.82) is 0 Å². The second-order valence-electron chi connectivity index (χ2n) is 4.19.